The third-order valence-corrected chi connectivity index (χ3v) is 4.39. The molecule has 1 aromatic carbocycles. The fraction of sp³-hybridized carbons (Fsp3) is 0.368. The number of piperidine rings is 1. The molecule has 2 heterocycles. The maximum atomic E-state index is 12.7. The Balaban J connectivity index is 1.67. The molecule has 1 aromatic heterocycles. The van der Waals surface area contributed by atoms with E-state index in [9.17, 15) is 9.90 Å². The largest absolute Gasteiger partial charge is 0.508 e. The van der Waals surface area contributed by atoms with Crippen molar-refractivity contribution in [2.24, 2.45) is 0 Å². The molecule has 4 heteroatoms. The lowest BCUT2D eigenvalue weighted by molar-refractivity contribution is -0.135. The number of hydrogen-bond donors (Lipinski definition) is 1. The van der Waals surface area contributed by atoms with Gasteiger partial charge >= 0.3 is 0 Å². The topological polar surface area (TPSA) is 53.4 Å². The van der Waals surface area contributed by atoms with Crippen molar-refractivity contribution in [2.75, 3.05) is 6.54 Å². The number of aryl methyl sites for hydroxylation is 1. The van der Waals surface area contributed by atoms with Crippen LogP contribution in [0.2, 0.25) is 0 Å². The molecule has 0 aliphatic carbocycles. The highest BCUT2D eigenvalue weighted by Gasteiger charge is 2.28. The van der Waals surface area contributed by atoms with Crippen LogP contribution < -0.4 is 0 Å². The van der Waals surface area contributed by atoms with Crippen molar-refractivity contribution in [2.45, 2.75) is 38.1 Å². The van der Waals surface area contributed by atoms with Gasteiger partial charge in [-0.25, -0.2) is 0 Å². The van der Waals surface area contributed by atoms with E-state index in [1.165, 1.54) is 0 Å². The van der Waals surface area contributed by atoms with Gasteiger partial charge in [-0.05, 0) is 55.5 Å². The summed E-state index contributed by atoms with van der Waals surface area (Å²) in [7, 11) is 0. The van der Waals surface area contributed by atoms with E-state index in [4.69, 9.17) is 0 Å². The molecule has 0 saturated carbocycles. The minimum Gasteiger partial charge on any atom is -0.508 e. The van der Waals surface area contributed by atoms with E-state index in [1.54, 1.807) is 18.3 Å². The predicted molar refractivity (Wildman–Crippen MR) is 89.0 cm³/mol. The summed E-state index contributed by atoms with van der Waals surface area (Å²) in [5, 5.41) is 9.51. The average Bonchev–Trinajstić information content (AvgIpc) is 2.60. The smallest absolute Gasteiger partial charge is 0.223 e. The number of carbonyl (C=O) groups excluding carboxylic acids is 1. The Morgan fingerprint density at radius 2 is 2.13 bits per heavy atom. The number of rotatable bonds is 4. The quantitative estimate of drug-likeness (QED) is 0.940. The molecule has 1 saturated heterocycles. The van der Waals surface area contributed by atoms with E-state index in [1.807, 2.05) is 35.2 Å². The van der Waals surface area contributed by atoms with Gasteiger partial charge in [0, 0.05) is 19.2 Å². The third-order valence-electron chi connectivity index (χ3n) is 4.39. The van der Waals surface area contributed by atoms with Gasteiger partial charge in [0.2, 0.25) is 5.91 Å². The summed E-state index contributed by atoms with van der Waals surface area (Å²) in [4.78, 5) is 19.1. The standard InChI is InChI=1S/C19H22N2O2/c22-16-7-5-6-15(14-16)10-11-19(23)21-13-4-2-9-18(21)17-8-1-3-12-20-17/h1,3,5-8,12,14,18,22H,2,4,9-11,13H2. The molecular formula is C19H22N2O2. The predicted octanol–water partition coefficient (Wildman–Crippen LogP) is 3.47. The highest BCUT2D eigenvalue weighted by atomic mass is 16.3. The van der Waals surface area contributed by atoms with Gasteiger partial charge < -0.3 is 10.0 Å². The average molecular weight is 310 g/mol. The van der Waals surface area contributed by atoms with Crippen LogP contribution in [-0.2, 0) is 11.2 Å². The Morgan fingerprint density at radius 3 is 2.91 bits per heavy atom. The summed E-state index contributed by atoms with van der Waals surface area (Å²) in [6.07, 6.45) is 6.08. The fourth-order valence-corrected chi connectivity index (χ4v) is 3.22. The summed E-state index contributed by atoms with van der Waals surface area (Å²) in [5.41, 5.74) is 1.97. The monoisotopic (exact) mass is 310 g/mol. The lowest BCUT2D eigenvalue weighted by Crippen LogP contribution is -2.38. The normalized spacial score (nSPS) is 17.9. The zero-order valence-corrected chi connectivity index (χ0v) is 13.2. The van der Waals surface area contributed by atoms with E-state index >= 15 is 0 Å². The summed E-state index contributed by atoms with van der Waals surface area (Å²) >= 11 is 0. The first-order valence-corrected chi connectivity index (χ1v) is 8.22. The van der Waals surface area contributed by atoms with Crippen molar-refractivity contribution >= 4 is 5.91 Å². The number of amides is 1. The second-order valence-electron chi connectivity index (χ2n) is 6.02. The second-order valence-corrected chi connectivity index (χ2v) is 6.02. The molecule has 0 bridgehead atoms. The number of aromatic hydroxyl groups is 1. The molecule has 120 valence electrons. The second kappa shape index (κ2) is 7.27. The van der Waals surface area contributed by atoms with Crippen LogP contribution in [0.5, 0.6) is 5.75 Å². The number of carbonyl (C=O) groups is 1. The maximum absolute atomic E-state index is 12.7. The van der Waals surface area contributed by atoms with E-state index in [2.05, 4.69) is 4.98 Å². The Morgan fingerprint density at radius 1 is 1.22 bits per heavy atom. The van der Waals surface area contributed by atoms with Gasteiger partial charge in [-0.15, -0.1) is 0 Å². The van der Waals surface area contributed by atoms with Crippen LogP contribution >= 0.6 is 0 Å². The number of aromatic nitrogens is 1. The van der Waals surface area contributed by atoms with Crippen LogP contribution in [0, 0.1) is 0 Å². The number of phenolic OH excluding ortho intramolecular Hbond substituents is 1. The molecule has 4 nitrogen and oxygen atoms in total. The molecule has 1 unspecified atom stereocenters. The molecule has 3 rings (SSSR count). The number of phenols is 1. The number of likely N-dealkylation sites (tertiary alicyclic amines) is 1. The van der Waals surface area contributed by atoms with Gasteiger partial charge in [0.25, 0.3) is 0 Å². The van der Waals surface area contributed by atoms with Crippen molar-refractivity contribution in [1.29, 1.82) is 0 Å². The van der Waals surface area contributed by atoms with Gasteiger partial charge in [0.15, 0.2) is 0 Å². The molecule has 1 aliphatic heterocycles. The Hall–Kier alpha value is -2.36. The van der Waals surface area contributed by atoms with Gasteiger partial charge in [-0.1, -0.05) is 18.2 Å². The molecule has 1 aliphatic rings. The zero-order chi connectivity index (χ0) is 16.1. The molecular weight excluding hydrogens is 288 g/mol. The number of nitrogens with zero attached hydrogens (tertiary/aromatic N) is 2. The van der Waals surface area contributed by atoms with Crippen LogP contribution in [0.25, 0.3) is 0 Å². The summed E-state index contributed by atoms with van der Waals surface area (Å²) in [6, 6.07) is 13.1. The molecule has 0 spiro atoms. The minimum atomic E-state index is 0.0987. The molecule has 0 radical (unpaired) electrons. The van der Waals surface area contributed by atoms with Crippen molar-refractivity contribution < 1.29 is 9.90 Å². The SMILES string of the molecule is O=C(CCc1cccc(O)c1)N1CCCCC1c1ccccn1. The van der Waals surface area contributed by atoms with Crippen molar-refractivity contribution in [1.82, 2.24) is 9.88 Å². The molecule has 1 N–H and O–H groups in total. The molecule has 1 atom stereocenters. The number of benzene rings is 1. The third kappa shape index (κ3) is 3.89. The van der Waals surface area contributed by atoms with E-state index < -0.39 is 0 Å². The van der Waals surface area contributed by atoms with Crippen LogP contribution in [0.15, 0.2) is 48.7 Å². The number of pyridine rings is 1. The van der Waals surface area contributed by atoms with Crippen molar-refractivity contribution in [3.63, 3.8) is 0 Å². The van der Waals surface area contributed by atoms with Gasteiger partial charge in [-0.2, -0.15) is 0 Å². The van der Waals surface area contributed by atoms with Gasteiger partial charge in [0.05, 0.1) is 11.7 Å². The molecule has 2 aromatic rings. The highest BCUT2D eigenvalue weighted by Crippen LogP contribution is 2.30. The van der Waals surface area contributed by atoms with Gasteiger partial charge in [0.1, 0.15) is 5.75 Å². The first kappa shape index (κ1) is 15.5. The first-order chi connectivity index (χ1) is 11.2. The zero-order valence-electron chi connectivity index (χ0n) is 13.2. The summed E-state index contributed by atoms with van der Waals surface area (Å²) in [5.74, 6) is 0.419. The van der Waals surface area contributed by atoms with Crippen LogP contribution in [-0.4, -0.2) is 27.4 Å². The van der Waals surface area contributed by atoms with Crippen LogP contribution in [0.4, 0.5) is 0 Å². The first-order valence-electron chi connectivity index (χ1n) is 8.22. The Labute approximate surface area is 136 Å². The van der Waals surface area contributed by atoms with E-state index in [0.29, 0.717) is 12.8 Å². The molecule has 1 fully saturated rings. The Kier molecular flexibility index (Phi) is 4.91. The van der Waals surface area contributed by atoms with E-state index in [-0.39, 0.29) is 17.7 Å². The molecule has 23 heavy (non-hydrogen) atoms. The summed E-state index contributed by atoms with van der Waals surface area (Å²) in [6.45, 7) is 0.806. The summed E-state index contributed by atoms with van der Waals surface area (Å²) < 4.78 is 0. The van der Waals surface area contributed by atoms with Crippen molar-refractivity contribution in [3.8, 4) is 5.75 Å². The fourth-order valence-electron chi connectivity index (χ4n) is 3.22. The lowest BCUT2D eigenvalue weighted by Gasteiger charge is -2.35. The Bertz CT molecular complexity index is 657. The van der Waals surface area contributed by atoms with Crippen LogP contribution in [0.1, 0.15) is 43.0 Å². The van der Waals surface area contributed by atoms with Crippen LogP contribution in [0.3, 0.4) is 0 Å². The van der Waals surface area contributed by atoms with E-state index in [0.717, 1.165) is 37.1 Å². The minimum absolute atomic E-state index is 0.0987. The van der Waals surface area contributed by atoms with Gasteiger partial charge in [-0.3, -0.25) is 9.78 Å². The molecule has 1 amide bonds. The van der Waals surface area contributed by atoms with Crippen molar-refractivity contribution in [3.05, 3.63) is 59.9 Å². The number of hydrogen-bond acceptors (Lipinski definition) is 3. The lowest BCUT2D eigenvalue weighted by atomic mass is 9.97. The highest BCUT2D eigenvalue weighted by molar-refractivity contribution is 5.77. The maximum Gasteiger partial charge on any atom is 0.223 e.